The molecule has 2 amide bonds. The van der Waals surface area contributed by atoms with Gasteiger partial charge in [-0.1, -0.05) is 6.07 Å². The van der Waals surface area contributed by atoms with Gasteiger partial charge in [-0.05, 0) is 18.9 Å². The van der Waals surface area contributed by atoms with Crippen LogP contribution in [0.5, 0.6) is 5.88 Å². The van der Waals surface area contributed by atoms with Crippen LogP contribution in [0.1, 0.15) is 25.7 Å². The summed E-state index contributed by atoms with van der Waals surface area (Å²) in [4.78, 5) is 20.5. The molecule has 23 heavy (non-hydrogen) atoms. The summed E-state index contributed by atoms with van der Waals surface area (Å²) in [5, 5.41) is 0. The Labute approximate surface area is 136 Å². The largest absolute Gasteiger partial charge is 0.474 e. The number of amides is 2. The Balaban J connectivity index is 1.32. The molecule has 3 fully saturated rings. The lowest BCUT2D eigenvalue weighted by Gasteiger charge is -2.53. The van der Waals surface area contributed by atoms with Crippen LogP contribution >= 0.6 is 0 Å². The lowest BCUT2D eigenvalue weighted by atomic mass is 9.85. The maximum atomic E-state index is 12.4. The fourth-order valence-electron chi connectivity index (χ4n) is 3.78. The van der Waals surface area contributed by atoms with Gasteiger partial charge in [0.25, 0.3) is 0 Å². The molecule has 1 aromatic heterocycles. The predicted molar refractivity (Wildman–Crippen MR) is 84.3 cm³/mol. The van der Waals surface area contributed by atoms with E-state index in [0.29, 0.717) is 25.6 Å². The standard InChI is InChI=1S/C17H23N3O3/c21-16(19-8-3-4-9-19)20-12-17(13-20)11-14(6-10-22-17)23-15-5-1-2-7-18-15/h1-2,5,7,14H,3-4,6,8-13H2/t14-/m0/s1. The molecule has 0 aromatic carbocycles. The summed E-state index contributed by atoms with van der Waals surface area (Å²) in [7, 11) is 0. The number of aromatic nitrogens is 1. The van der Waals surface area contributed by atoms with E-state index in [9.17, 15) is 4.79 Å². The van der Waals surface area contributed by atoms with E-state index < -0.39 is 0 Å². The van der Waals surface area contributed by atoms with Gasteiger partial charge in [-0.3, -0.25) is 0 Å². The molecular weight excluding hydrogens is 294 g/mol. The second kappa shape index (κ2) is 6.00. The normalized spacial score (nSPS) is 26.2. The highest BCUT2D eigenvalue weighted by Crippen LogP contribution is 2.36. The number of hydrogen-bond donors (Lipinski definition) is 0. The van der Waals surface area contributed by atoms with Crippen molar-refractivity contribution in [2.24, 2.45) is 0 Å². The van der Waals surface area contributed by atoms with Gasteiger partial charge >= 0.3 is 6.03 Å². The Morgan fingerprint density at radius 2 is 2.09 bits per heavy atom. The quantitative estimate of drug-likeness (QED) is 0.836. The molecule has 4 rings (SSSR count). The van der Waals surface area contributed by atoms with Crippen molar-refractivity contribution in [1.29, 1.82) is 0 Å². The van der Waals surface area contributed by atoms with Gasteiger partial charge in [-0.15, -0.1) is 0 Å². The predicted octanol–water partition coefficient (Wildman–Crippen LogP) is 1.91. The van der Waals surface area contributed by atoms with Crippen LogP contribution in [0.4, 0.5) is 4.79 Å². The first-order chi connectivity index (χ1) is 11.2. The van der Waals surface area contributed by atoms with E-state index in [1.807, 2.05) is 28.0 Å². The van der Waals surface area contributed by atoms with Gasteiger partial charge in [0.15, 0.2) is 0 Å². The summed E-state index contributed by atoms with van der Waals surface area (Å²) in [6.45, 7) is 3.85. The Bertz CT molecular complexity index is 553. The lowest BCUT2D eigenvalue weighted by Crippen LogP contribution is -2.69. The average Bonchev–Trinajstić information content (AvgIpc) is 3.07. The molecule has 0 bridgehead atoms. The fourth-order valence-corrected chi connectivity index (χ4v) is 3.78. The van der Waals surface area contributed by atoms with Gasteiger partial charge in [-0.2, -0.15) is 0 Å². The van der Waals surface area contributed by atoms with E-state index in [2.05, 4.69) is 4.98 Å². The number of ether oxygens (including phenoxy) is 2. The number of hydrogen-bond acceptors (Lipinski definition) is 4. The summed E-state index contributed by atoms with van der Waals surface area (Å²) >= 11 is 0. The zero-order chi connectivity index (χ0) is 15.7. The first-order valence-electron chi connectivity index (χ1n) is 8.50. The smallest absolute Gasteiger partial charge is 0.320 e. The molecule has 3 saturated heterocycles. The van der Waals surface area contributed by atoms with Crippen molar-refractivity contribution in [3.63, 3.8) is 0 Å². The maximum Gasteiger partial charge on any atom is 0.320 e. The van der Waals surface area contributed by atoms with Crippen molar-refractivity contribution in [2.75, 3.05) is 32.8 Å². The third-order valence-corrected chi connectivity index (χ3v) is 4.98. The van der Waals surface area contributed by atoms with Gasteiger partial charge in [0.2, 0.25) is 5.88 Å². The van der Waals surface area contributed by atoms with E-state index in [0.717, 1.165) is 38.8 Å². The van der Waals surface area contributed by atoms with Gasteiger partial charge in [0, 0.05) is 38.2 Å². The molecule has 0 N–H and O–H groups in total. The number of pyridine rings is 1. The molecular formula is C17H23N3O3. The average molecular weight is 317 g/mol. The van der Waals surface area contributed by atoms with Crippen LogP contribution in [0.2, 0.25) is 0 Å². The molecule has 0 saturated carbocycles. The third-order valence-electron chi connectivity index (χ3n) is 4.98. The highest BCUT2D eigenvalue weighted by molar-refractivity contribution is 5.76. The van der Waals surface area contributed by atoms with Crippen LogP contribution < -0.4 is 4.74 Å². The second-order valence-electron chi connectivity index (χ2n) is 6.76. The Hall–Kier alpha value is -1.82. The Kier molecular flexibility index (Phi) is 3.85. The summed E-state index contributed by atoms with van der Waals surface area (Å²) in [6, 6.07) is 5.86. The van der Waals surface area contributed by atoms with Crippen LogP contribution in [0.3, 0.4) is 0 Å². The lowest BCUT2D eigenvalue weighted by molar-refractivity contribution is -0.174. The number of nitrogens with zero attached hydrogens (tertiary/aromatic N) is 3. The van der Waals surface area contributed by atoms with Crippen molar-refractivity contribution in [3.8, 4) is 5.88 Å². The number of rotatable bonds is 2. The first-order valence-corrected chi connectivity index (χ1v) is 8.50. The highest BCUT2D eigenvalue weighted by Gasteiger charge is 2.50. The summed E-state index contributed by atoms with van der Waals surface area (Å²) < 4.78 is 12.0. The van der Waals surface area contributed by atoms with Crippen LogP contribution in [0.15, 0.2) is 24.4 Å². The zero-order valence-electron chi connectivity index (χ0n) is 13.3. The molecule has 0 radical (unpaired) electrons. The van der Waals surface area contributed by atoms with Crippen LogP contribution in [-0.4, -0.2) is 65.3 Å². The van der Waals surface area contributed by atoms with Crippen molar-refractivity contribution in [3.05, 3.63) is 24.4 Å². The van der Waals surface area contributed by atoms with Crippen molar-refractivity contribution in [1.82, 2.24) is 14.8 Å². The number of urea groups is 1. The van der Waals surface area contributed by atoms with E-state index in [1.165, 1.54) is 0 Å². The third kappa shape index (κ3) is 3.00. The molecule has 3 aliphatic rings. The summed E-state index contributed by atoms with van der Waals surface area (Å²) in [6.07, 6.45) is 5.81. The molecule has 0 aliphatic carbocycles. The topological polar surface area (TPSA) is 54.9 Å². The first kappa shape index (κ1) is 14.8. The van der Waals surface area contributed by atoms with E-state index in [1.54, 1.807) is 6.20 Å². The van der Waals surface area contributed by atoms with E-state index in [-0.39, 0.29) is 17.7 Å². The Morgan fingerprint density at radius 3 is 2.83 bits per heavy atom. The number of carbonyl (C=O) groups excluding carboxylic acids is 1. The number of likely N-dealkylation sites (tertiary alicyclic amines) is 2. The molecule has 124 valence electrons. The molecule has 1 atom stereocenters. The molecule has 6 heteroatoms. The minimum atomic E-state index is -0.215. The monoisotopic (exact) mass is 317 g/mol. The molecule has 1 spiro atoms. The summed E-state index contributed by atoms with van der Waals surface area (Å²) in [5.74, 6) is 0.666. The maximum absolute atomic E-state index is 12.4. The molecule has 0 unspecified atom stereocenters. The van der Waals surface area contributed by atoms with Crippen molar-refractivity contribution < 1.29 is 14.3 Å². The van der Waals surface area contributed by atoms with Crippen LogP contribution in [-0.2, 0) is 4.74 Å². The molecule has 4 heterocycles. The van der Waals surface area contributed by atoms with Crippen molar-refractivity contribution >= 4 is 6.03 Å². The summed E-state index contributed by atoms with van der Waals surface area (Å²) in [5.41, 5.74) is -0.215. The zero-order valence-corrected chi connectivity index (χ0v) is 13.3. The van der Waals surface area contributed by atoms with Gasteiger partial charge in [-0.25, -0.2) is 9.78 Å². The molecule has 3 aliphatic heterocycles. The minimum Gasteiger partial charge on any atom is -0.474 e. The SMILES string of the molecule is O=C(N1CCCC1)N1CC2(C[C@@H](Oc3ccccn3)CCO2)C1. The highest BCUT2D eigenvalue weighted by atomic mass is 16.5. The molecule has 6 nitrogen and oxygen atoms in total. The minimum absolute atomic E-state index is 0.114. The van der Waals surface area contributed by atoms with E-state index in [4.69, 9.17) is 9.47 Å². The van der Waals surface area contributed by atoms with Gasteiger partial charge in [0.05, 0.1) is 19.7 Å². The van der Waals surface area contributed by atoms with Crippen molar-refractivity contribution in [2.45, 2.75) is 37.4 Å². The fraction of sp³-hybridized carbons (Fsp3) is 0.647. The Morgan fingerprint density at radius 1 is 1.26 bits per heavy atom. The van der Waals surface area contributed by atoms with Gasteiger partial charge in [0.1, 0.15) is 11.7 Å². The van der Waals surface area contributed by atoms with Gasteiger partial charge < -0.3 is 19.3 Å². The van der Waals surface area contributed by atoms with Crippen LogP contribution in [0.25, 0.3) is 0 Å². The molecule has 1 aromatic rings. The number of carbonyl (C=O) groups is 1. The van der Waals surface area contributed by atoms with E-state index >= 15 is 0 Å². The van der Waals surface area contributed by atoms with Crippen LogP contribution in [0, 0.1) is 0 Å². The second-order valence-corrected chi connectivity index (χ2v) is 6.76.